The lowest BCUT2D eigenvalue weighted by molar-refractivity contribution is -0.138. The van der Waals surface area contributed by atoms with Gasteiger partial charge in [-0.15, -0.1) is 0 Å². The molecule has 88 valence electrons. The molecule has 2 rings (SSSR count). The molecule has 16 heavy (non-hydrogen) atoms. The van der Waals surface area contributed by atoms with Crippen LogP contribution in [0.1, 0.15) is 5.56 Å². The number of likely N-dealkylation sites (N-methyl/N-ethyl adjacent to an activating group) is 1. The van der Waals surface area contributed by atoms with E-state index in [0.29, 0.717) is 12.0 Å². The summed E-state index contributed by atoms with van der Waals surface area (Å²) in [6.07, 6.45) is -2.74. The van der Waals surface area contributed by atoms with Crippen LogP contribution < -0.4 is 10.2 Å². The average Bonchev–Trinajstić information content (AvgIpc) is 2.15. The SMILES string of the molecule is CNC1CN(c2ncc(C(F)(F)F)cn2)C1. The minimum atomic E-state index is -4.37. The van der Waals surface area contributed by atoms with Crippen LogP contribution in [0.5, 0.6) is 0 Å². The van der Waals surface area contributed by atoms with E-state index in [-0.39, 0.29) is 0 Å². The highest BCUT2D eigenvalue weighted by Crippen LogP contribution is 2.28. The quantitative estimate of drug-likeness (QED) is 0.822. The number of nitrogens with zero attached hydrogens (tertiary/aromatic N) is 3. The predicted molar refractivity (Wildman–Crippen MR) is 52.1 cm³/mol. The van der Waals surface area contributed by atoms with Crippen molar-refractivity contribution in [1.82, 2.24) is 15.3 Å². The summed E-state index contributed by atoms with van der Waals surface area (Å²) in [6, 6.07) is 0.367. The van der Waals surface area contributed by atoms with Gasteiger partial charge in [-0.25, -0.2) is 9.97 Å². The Morgan fingerprint density at radius 1 is 1.31 bits per heavy atom. The minimum Gasteiger partial charge on any atom is -0.338 e. The van der Waals surface area contributed by atoms with Crippen LogP contribution in [-0.4, -0.2) is 36.1 Å². The van der Waals surface area contributed by atoms with Crippen molar-refractivity contribution in [2.75, 3.05) is 25.0 Å². The topological polar surface area (TPSA) is 41.0 Å². The van der Waals surface area contributed by atoms with Crippen molar-refractivity contribution in [2.24, 2.45) is 0 Å². The Kier molecular flexibility index (Phi) is 2.71. The lowest BCUT2D eigenvalue weighted by Crippen LogP contribution is -2.57. The highest BCUT2D eigenvalue weighted by molar-refractivity contribution is 5.35. The number of alkyl halides is 3. The number of nitrogens with one attached hydrogen (secondary N) is 1. The fourth-order valence-corrected chi connectivity index (χ4v) is 1.46. The zero-order chi connectivity index (χ0) is 11.8. The summed E-state index contributed by atoms with van der Waals surface area (Å²) in [5, 5.41) is 3.06. The van der Waals surface area contributed by atoms with Gasteiger partial charge in [-0.3, -0.25) is 0 Å². The molecule has 0 bridgehead atoms. The Morgan fingerprint density at radius 3 is 2.31 bits per heavy atom. The van der Waals surface area contributed by atoms with E-state index in [1.165, 1.54) is 0 Å². The zero-order valence-corrected chi connectivity index (χ0v) is 8.62. The molecular formula is C9H11F3N4. The molecule has 0 atom stereocenters. The lowest BCUT2D eigenvalue weighted by atomic mass is 10.1. The maximum atomic E-state index is 12.2. The van der Waals surface area contributed by atoms with Crippen molar-refractivity contribution in [3.05, 3.63) is 18.0 Å². The number of hydrogen-bond acceptors (Lipinski definition) is 4. The molecule has 0 amide bonds. The summed E-state index contributed by atoms with van der Waals surface area (Å²) in [6.45, 7) is 1.45. The van der Waals surface area contributed by atoms with Gasteiger partial charge in [-0.2, -0.15) is 13.2 Å². The van der Waals surface area contributed by atoms with Crippen LogP contribution in [0, 0.1) is 0 Å². The van der Waals surface area contributed by atoms with Gasteiger partial charge in [-0.05, 0) is 7.05 Å². The van der Waals surface area contributed by atoms with Crippen molar-refractivity contribution in [3.8, 4) is 0 Å². The summed E-state index contributed by atoms with van der Waals surface area (Å²) >= 11 is 0. The minimum absolute atomic E-state index is 0.347. The summed E-state index contributed by atoms with van der Waals surface area (Å²) in [4.78, 5) is 9.23. The largest absolute Gasteiger partial charge is 0.419 e. The van der Waals surface area contributed by atoms with Gasteiger partial charge in [0.25, 0.3) is 0 Å². The number of halogens is 3. The van der Waals surface area contributed by atoms with Gasteiger partial charge < -0.3 is 10.2 Å². The standard InChI is InChI=1S/C9H11F3N4/c1-13-7-4-16(5-7)8-14-2-6(3-15-8)9(10,11)12/h2-3,7,13H,4-5H2,1H3. The fourth-order valence-electron chi connectivity index (χ4n) is 1.46. The molecule has 0 aliphatic carbocycles. The van der Waals surface area contributed by atoms with Gasteiger partial charge in [0.1, 0.15) is 0 Å². The van der Waals surface area contributed by atoms with Crippen LogP contribution in [0.3, 0.4) is 0 Å². The molecule has 0 saturated carbocycles. The van der Waals surface area contributed by atoms with E-state index in [0.717, 1.165) is 25.5 Å². The summed E-state index contributed by atoms with van der Waals surface area (Å²) < 4.78 is 36.7. The van der Waals surface area contributed by atoms with Crippen molar-refractivity contribution >= 4 is 5.95 Å². The van der Waals surface area contributed by atoms with E-state index < -0.39 is 11.7 Å². The van der Waals surface area contributed by atoms with Gasteiger partial charge in [-0.1, -0.05) is 0 Å². The molecule has 0 spiro atoms. The number of hydrogen-bond donors (Lipinski definition) is 1. The second kappa shape index (κ2) is 3.89. The van der Waals surface area contributed by atoms with E-state index in [1.54, 1.807) is 0 Å². The first-order chi connectivity index (χ1) is 7.50. The van der Waals surface area contributed by atoms with E-state index in [2.05, 4.69) is 15.3 Å². The first-order valence-corrected chi connectivity index (χ1v) is 4.82. The average molecular weight is 232 g/mol. The van der Waals surface area contributed by atoms with E-state index >= 15 is 0 Å². The molecule has 1 aromatic rings. The second-order valence-corrected chi connectivity index (χ2v) is 3.66. The Balaban J connectivity index is 2.04. The van der Waals surface area contributed by atoms with Gasteiger partial charge >= 0.3 is 6.18 Å². The van der Waals surface area contributed by atoms with Crippen molar-refractivity contribution in [2.45, 2.75) is 12.2 Å². The number of anilines is 1. The number of rotatable bonds is 2. The highest BCUT2D eigenvalue weighted by atomic mass is 19.4. The molecule has 1 N–H and O–H groups in total. The monoisotopic (exact) mass is 232 g/mol. The Labute approximate surface area is 90.5 Å². The highest BCUT2D eigenvalue weighted by Gasteiger charge is 2.32. The predicted octanol–water partition coefficient (Wildman–Crippen LogP) is 0.903. The van der Waals surface area contributed by atoms with Crippen LogP contribution in [0.2, 0.25) is 0 Å². The molecule has 7 heteroatoms. The molecule has 0 aromatic carbocycles. The Morgan fingerprint density at radius 2 is 1.88 bits per heavy atom. The summed E-state index contributed by atoms with van der Waals surface area (Å²) in [7, 11) is 1.84. The first kappa shape index (κ1) is 11.1. The van der Waals surface area contributed by atoms with Crippen molar-refractivity contribution in [1.29, 1.82) is 0 Å². The fraction of sp³-hybridized carbons (Fsp3) is 0.556. The van der Waals surface area contributed by atoms with Gasteiger partial charge in [0.05, 0.1) is 5.56 Å². The maximum Gasteiger partial charge on any atom is 0.419 e. The molecule has 4 nitrogen and oxygen atoms in total. The molecule has 0 radical (unpaired) electrons. The van der Waals surface area contributed by atoms with Crippen molar-refractivity contribution in [3.63, 3.8) is 0 Å². The van der Waals surface area contributed by atoms with Crippen LogP contribution in [0.15, 0.2) is 12.4 Å². The van der Waals surface area contributed by atoms with Crippen LogP contribution >= 0.6 is 0 Å². The molecule has 1 aromatic heterocycles. The van der Waals surface area contributed by atoms with Crippen LogP contribution in [0.4, 0.5) is 19.1 Å². The summed E-state index contributed by atoms with van der Waals surface area (Å²) in [5.41, 5.74) is -0.818. The Hall–Kier alpha value is -1.37. The third-order valence-corrected chi connectivity index (χ3v) is 2.54. The summed E-state index contributed by atoms with van der Waals surface area (Å²) in [5.74, 6) is 0.347. The molecule has 1 aliphatic rings. The zero-order valence-electron chi connectivity index (χ0n) is 8.62. The third kappa shape index (κ3) is 2.08. The molecular weight excluding hydrogens is 221 g/mol. The third-order valence-electron chi connectivity index (χ3n) is 2.54. The maximum absolute atomic E-state index is 12.2. The first-order valence-electron chi connectivity index (χ1n) is 4.82. The molecule has 1 aliphatic heterocycles. The van der Waals surface area contributed by atoms with Crippen LogP contribution in [0.25, 0.3) is 0 Å². The number of aromatic nitrogens is 2. The van der Waals surface area contributed by atoms with Crippen LogP contribution in [-0.2, 0) is 6.18 Å². The van der Waals surface area contributed by atoms with Gasteiger partial charge in [0.15, 0.2) is 0 Å². The Bertz CT molecular complexity index is 356. The van der Waals surface area contributed by atoms with Gasteiger partial charge in [0, 0.05) is 31.5 Å². The van der Waals surface area contributed by atoms with E-state index in [4.69, 9.17) is 0 Å². The second-order valence-electron chi connectivity index (χ2n) is 3.66. The van der Waals surface area contributed by atoms with Crippen molar-refractivity contribution < 1.29 is 13.2 Å². The van der Waals surface area contributed by atoms with E-state index in [1.807, 2.05) is 11.9 Å². The normalized spacial score (nSPS) is 17.4. The molecule has 1 saturated heterocycles. The molecule has 2 heterocycles. The van der Waals surface area contributed by atoms with E-state index in [9.17, 15) is 13.2 Å². The van der Waals surface area contributed by atoms with Gasteiger partial charge in [0.2, 0.25) is 5.95 Å². The molecule has 0 unspecified atom stereocenters. The molecule has 1 fully saturated rings. The smallest absolute Gasteiger partial charge is 0.338 e. The lowest BCUT2D eigenvalue weighted by Gasteiger charge is -2.38.